The average molecular weight is 303 g/mol. The molecular weight excluding hydrogens is 289 g/mol. The van der Waals surface area contributed by atoms with Crippen LogP contribution in [0.25, 0.3) is 0 Å². The van der Waals surface area contributed by atoms with Gasteiger partial charge >= 0.3 is 6.01 Å². The Balaban J connectivity index is 1.98. The third kappa shape index (κ3) is 4.23. The van der Waals surface area contributed by atoms with E-state index in [4.69, 9.17) is 15.0 Å². The number of aromatic nitrogens is 2. The number of nitrogens with zero attached hydrogens (tertiary/aromatic N) is 3. The Kier molecular flexibility index (Phi) is 5.36. The number of hydrogen-bond donors (Lipinski definition) is 2. The van der Waals surface area contributed by atoms with Crippen molar-refractivity contribution in [2.75, 3.05) is 19.0 Å². The lowest BCUT2D eigenvalue weighted by molar-refractivity contribution is 0.320. The molecule has 0 aliphatic rings. The molecule has 114 valence electrons. The lowest BCUT2D eigenvalue weighted by Gasteiger charge is -2.07. The quantitative estimate of drug-likeness (QED) is 0.767. The summed E-state index contributed by atoms with van der Waals surface area (Å²) < 4.78 is 23.5. The van der Waals surface area contributed by atoms with Crippen LogP contribution in [0.1, 0.15) is 0 Å². The smallest absolute Gasteiger partial charge is 0.316 e. The van der Waals surface area contributed by atoms with Crippen LogP contribution in [0.4, 0.5) is 10.1 Å². The normalized spacial score (nSPS) is 10.9. The molecule has 0 fully saturated rings. The minimum atomic E-state index is -0.452. The zero-order valence-electron chi connectivity index (χ0n) is 11.8. The molecule has 1 aromatic heterocycles. The van der Waals surface area contributed by atoms with Gasteiger partial charge in [-0.3, -0.25) is 0 Å². The number of ether oxygens (including phenoxy) is 2. The van der Waals surface area contributed by atoms with Crippen LogP contribution < -0.4 is 14.8 Å². The fraction of sp³-hybridized carbons (Fsp3) is 0.143. The van der Waals surface area contributed by atoms with Gasteiger partial charge in [0, 0.05) is 30.3 Å². The van der Waals surface area contributed by atoms with Crippen LogP contribution in [0.2, 0.25) is 0 Å². The molecule has 0 atom stereocenters. The molecule has 0 radical (unpaired) electrons. The second kappa shape index (κ2) is 7.67. The van der Waals surface area contributed by atoms with Gasteiger partial charge in [0.05, 0.1) is 7.11 Å². The van der Waals surface area contributed by atoms with Crippen molar-refractivity contribution in [2.24, 2.45) is 5.11 Å². The predicted octanol–water partition coefficient (Wildman–Crippen LogP) is 2.99. The molecule has 0 bridgehead atoms. The Hall–Kier alpha value is -3.03. The number of anilines is 1. The van der Waals surface area contributed by atoms with E-state index in [1.54, 1.807) is 18.5 Å². The van der Waals surface area contributed by atoms with Crippen LogP contribution in [0.3, 0.4) is 0 Å². The van der Waals surface area contributed by atoms with Crippen molar-refractivity contribution >= 4 is 5.69 Å². The standard InChI is InChI=1S/C14H14FN5O2/c1-21-13-7-10(3-4-12(13)15)19-8-11(20-16)9-22-14-17-5-2-6-18-14/h2-8,16,19H,9H2,1H3/b11-8-,20-16?. The minimum Gasteiger partial charge on any atom is -0.494 e. The average Bonchev–Trinajstić information content (AvgIpc) is 2.57. The first kappa shape index (κ1) is 15.4. The maximum Gasteiger partial charge on any atom is 0.316 e. The summed E-state index contributed by atoms with van der Waals surface area (Å²) >= 11 is 0. The van der Waals surface area contributed by atoms with E-state index in [0.29, 0.717) is 11.4 Å². The van der Waals surface area contributed by atoms with Gasteiger partial charge in [-0.1, -0.05) is 0 Å². The van der Waals surface area contributed by atoms with Gasteiger partial charge in [-0.2, -0.15) is 5.11 Å². The van der Waals surface area contributed by atoms with Crippen LogP contribution in [0, 0.1) is 11.3 Å². The summed E-state index contributed by atoms with van der Waals surface area (Å²) in [6.07, 6.45) is 4.57. The number of benzene rings is 1. The summed E-state index contributed by atoms with van der Waals surface area (Å²) in [4.78, 5) is 7.79. The van der Waals surface area contributed by atoms with Crippen LogP contribution in [-0.4, -0.2) is 23.7 Å². The number of nitrogens with one attached hydrogen (secondary N) is 2. The highest BCUT2D eigenvalue weighted by molar-refractivity contribution is 5.50. The molecule has 1 aromatic carbocycles. The molecule has 0 amide bonds. The molecule has 8 heteroatoms. The lowest BCUT2D eigenvalue weighted by atomic mass is 10.3. The monoisotopic (exact) mass is 303 g/mol. The van der Waals surface area contributed by atoms with E-state index < -0.39 is 5.82 Å². The van der Waals surface area contributed by atoms with Gasteiger partial charge in [0.1, 0.15) is 12.3 Å². The van der Waals surface area contributed by atoms with Crippen molar-refractivity contribution in [1.82, 2.24) is 9.97 Å². The van der Waals surface area contributed by atoms with Crippen molar-refractivity contribution in [1.29, 1.82) is 5.53 Å². The fourth-order valence-corrected chi connectivity index (χ4v) is 1.52. The van der Waals surface area contributed by atoms with Gasteiger partial charge in [-0.05, 0) is 18.2 Å². The third-order valence-corrected chi connectivity index (χ3v) is 2.59. The molecule has 7 nitrogen and oxygen atoms in total. The SMILES string of the molecule is COc1cc(N/C=C(/COc2ncccn2)N=N)ccc1F. The highest BCUT2D eigenvalue weighted by Crippen LogP contribution is 2.21. The summed E-state index contributed by atoms with van der Waals surface area (Å²) in [5.41, 5.74) is 8.02. The van der Waals surface area contributed by atoms with Crippen molar-refractivity contribution in [2.45, 2.75) is 0 Å². The maximum absolute atomic E-state index is 13.3. The van der Waals surface area contributed by atoms with E-state index in [1.807, 2.05) is 0 Å². The van der Waals surface area contributed by atoms with Gasteiger partial charge in [0.25, 0.3) is 0 Å². The van der Waals surface area contributed by atoms with E-state index in [2.05, 4.69) is 20.4 Å². The maximum atomic E-state index is 13.3. The van der Waals surface area contributed by atoms with Gasteiger partial charge < -0.3 is 14.8 Å². The van der Waals surface area contributed by atoms with Gasteiger partial charge in [-0.15, -0.1) is 0 Å². The number of methoxy groups -OCH3 is 1. The van der Waals surface area contributed by atoms with E-state index in [-0.39, 0.29) is 18.4 Å². The molecular formula is C14H14FN5O2. The summed E-state index contributed by atoms with van der Waals surface area (Å²) in [5.74, 6) is -0.330. The fourth-order valence-electron chi connectivity index (χ4n) is 1.52. The van der Waals surface area contributed by atoms with Gasteiger partial charge in [0.2, 0.25) is 0 Å². The van der Waals surface area contributed by atoms with Crippen LogP contribution in [0.5, 0.6) is 11.8 Å². The number of rotatable bonds is 7. The summed E-state index contributed by atoms with van der Waals surface area (Å²) in [5, 5.41) is 6.23. The van der Waals surface area contributed by atoms with E-state index >= 15 is 0 Å². The Morgan fingerprint density at radius 3 is 2.86 bits per heavy atom. The molecule has 0 spiro atoms. The first-order valence-electron chi connectivity index (χ1n) is 6.29. The number of hydrogen-bond acceptors (Lipinski definition) is 7. The minimum absolute atomic E-state index is 0.0266. The summed E-state index contributed by atoms with van der Waals surface area (Å²) in [6, 6.07) is 6.18. The first-order chi connectivity index (χ1) is 10.7. The highest BCUT2D eigenvalue weighted by atomic mass is 19.1. The van der Waals surface area contributed by atoms with E-state index in [0.717, 1.165) is 0 Å². The molecule has 0 unspecified atom stereocenters. The first-order valence-corrected chi connectivity index (χ1v) is 6.29. The zero-order valence-corrected chi connectivity index (χ0v) is 11.8. The Morgan fingerprint density at radius 1 is 1.41 bits per heavy atom. The van der Waals surface area contributed by atoms with E-state index in [9.17, 15) is 4.39 Å². The van der Waals surface area contributed by atoms with Crippen molar-refractivity contribution in [3.63, 3.8) is 0 Å². The lowest BCUT2D eigenvalue weighted by Crippen LogP contribution is -2.04. The second-order valence-corrected chi connectivity index (χ2v) is 4.06. The third-order valence-electron chi connectivity index (χ3n) is 2.59. The van der Waals surface area contributed by atoms with Crippen molar-refractivity contribution in [3.05, 3.63) is 54.4 Å². The van der Waals surface area contributed by atoms with Gasteiger partial charge in [0.15, 0.2) is 11.6 Å². The topological polar surface area (TPSA) is 92.5 Å². The summed E-state index contributed by atoms with van der Waals surface area (Å²) in [7, 11) is 1.39. The predicted molar refractivity (Wildman–Crippen MR) is 77.3 cm³/mol. The van der Waals surface area contributed by atoms with Crippen molar-refractivity contribution in [3.8, 4) is 11.8 Å². The van der Waals surface area contributed by atoms with Crippen LogP contribution >= 0.6 is 0 Å². The molecule has 0 aliphatic heterocycles. The van der Waals surface area contributed by atoms with Crippen LogP contribution in [-0.2, 0) is 0 Å². The molecule has 1 heterocycles. The Bertz CT molecular complexity index is 664. The zero-order chi connectivity index (χ0) is 15.8. The largest absolute Gasteiger partial charge is 0.494 e. The Morgan fingerprint density at radius 2 is 2.18 bits per heavy atom. The summed E-state index contributed by atoms with van der Waals surface area (Å²) in [6.45, 7) is 0.0266. The number of halogens is 1. The van der Waals surface area contributed by atoms with Crippen molar-refractivity contribution < 1.29 is 13.9 Å². The molecule has 0 aliphatic carbocycles. The van der Waals surface area contributed by atoms with Gasteiger partial charge in [-0.25, -0.2) is 19.9 Å². The molecule has 2 rings (SSSR count). The second-order valence-electron chi connectivity index (χ2n) is 4.06. The molecule has 0 saturated carbocycles. The van der Waals surface area contributed by atoms with Crippen LogP contribution in [0.15, 0.2) is 53.7 Å². The molecule has 0 saturated heterocycles. The molecule has 22 heavy (non-hydrogen) atoms. The Labute approximate surface area is 126 Å². The molecule has 2 N–H and O–H groups in total. The van der Waals surface area contributed by atoms with E-state index in [1.165, 1.54) is 31.5 Å². The highest BCUT2D eigenvalue weighted by Gasteiger charge is 2.03. The molecule has 2 aromatic rings.